The summed E-state index contributed by atoms with van der Waals surface area (Å²) in [6, 6.07) is 0. The SMILES string of the molecule is NC(=O)Oc1cnc(CO)nc1. The van der Waals surface area contributed by atoms with E-state index in [-0.39, 0.29) is 18.2 Å². The lowest BCUT2D eigenvalue weighted by atomic mass is 10.5. The number of rotatable bonds is 2. The standard InChI is InChI=1S/C6H7N3O3/c7-6(11)12-4-1-8-5(3-10)9-2-4/h1-2,10H,3H2,(H2,7,11). The molecule has 12 heavy (non-hydrogen) atoms. The molecular weight excluding hydrogens is 162 g/mol. The molecule has 0 spiro atoms. The molecule has 1 heterocycles. The normalized spacial score (nSPS) is 9.42. The number of hydrogen-bond donors (Lipinski definition) is 2. The molecule has 6 nitrogen and oxygen atoms in total. The molecule has 0 fully saturated rings. The van der Waals surface area contributed by atoms with Crippen molar-refractivity contribution < 1.29 is 14.6 Å². The van der Waals surface area contributed by atoms with Crippen LogP contribution in [0.1, 0.15) is 5.82 Å². The predicted octanol–water partition coefficient (Wildman–Crippen LogP) is -0.574. The Kier molecular flexibility index (Phi) is 2.54. The fraction of sp³-hybridized carbons (Fsp3) is 0.167. The number of nitrogens with zero attached hydrogens (tertiary/aromatic N) is 2. The van der Waals surface area contributed by atoms with E-state index < -0.39 is 6.09 Å². The lowest BCUT2D eigenvalue weighted by molar-refractivity contribution is 0.210. The smallest absolute Gasteiger partial charge is 0.407 e. The highest BCUT2D eigenvalue weighted by molar-refractivity contribution is 5.67. The monoisotopic (exact) mass is 169 g/mol. The van der Waals surface area contributed by atoms with Gasteiger partial charge in [-0.15, -0.1) is 0 Å². The lowest BCUT2D eigenvalue weighted by Gasteiger charge is -1.98. The highest BCUT2D eigenvalue weighted by Crippen LogP contribution is 2.05. The van der Waals surface area contributed by atoms with Crippen LogP contribution in [-0.4, -0.2) is 21.2 Å². The van der Waals surface area contributed by atoms with Gasteiger partial charge >= 0.3 is 6.09 Å². The minimum atomic E-state index is -0.921. The molecule has 0 saturated heterocycles. The number of ether oxygens (including phenoxy) is 1. The Hall–Kier alpha value is -1.69. The minimum absolute atomic E-state index is 0.153. The molecule has 64 valence electrons. The fourth-order valence-electron chi connectivity index (χ4n) is 0.593. The number of aliphatic hydroxyl groups excluding tert-OH is 1. The van der Waals surface area contributed by atoms with Crippen LogP contribution in [-0.2, 0) is 6.61 Å². The average Bonchev–Trinajstić information content (AvgIpc) is 2.05. The number of primary amides is 1. The Morgan fingerprint density at radius 3 is 2.58 bits per heavy atom. The zero-order chi connectivity index (χ0) is 8.97. The summed E-state index contributed by atoms with van der Waals surface area (Å²) >= 11 is 0. The van der Waals surface area contributed by atoms with E-state index in [1.165, 1.54) is 12.4 Å². The Morgan fingerprint density at radius 2 is 2.17 bits per heavy atom. The van der Waals surface area contributed by atoms with Crippen LogP contribution in [0.15, 0.2) is 12.4 Å². The summed E-state index contributed by atoms with van der Waals surface area (Å²) in [5.74, 6) is 0.409. The van der Waals surface area contributed by atoms with Gasteiger partial charge in [-0.2, -0.15) is 0 Å². The number of nitrogens with two attached hydrogens (primary N) is 1. The van der Waals surface area contributed by atoms with Gasteiger partial charge in [0.15, 0.2) is 11.6 Å². The van der Waals surface area contributed by atoms with E-state index in [4.69, 9.17) is 10.8 Å². The van der Waals surface area contributed by atoms with E-state index in [2.05, 4.69) is 14.7 Å². The molecule has 1 amide bonds. The second-order valence-electron chi connectivity index (χ2n) is 1.91. The van der Waals surface area contributed by atoms with Gasteiger partial charge in [-0.05, 0) is 0 Å². The van der Waals surface area contributed by atoms with Crippen molar-refractivity contribution in [2.24, 2.45) is 5.73 Å². The summed E-state index contributed by atoms with van der Waals surface area (Å²) in [5, 5.41) is 8.55. The summed E-state index contributed by atoms with van der Waals surface area (Å²) in [6.45, 7) is -0.253. The van der Waals surface area contributed by atoms with Crippen molar-refractivity contribution in [3.63, 3.8) is 0 Å². The third kappa shape index (κ3) is 2.17. The van der Waals surface area contributed by atoms with Crippen molar-refractivity contribution in [2.45, 2.75) is 6.61 Å². The van der Waals surface area contributed by atoms with Crippen molar-refractivity contribution in [3.05, 3.63) is 18.2 Å². The van der Waals surface area contributed by atoms with Crippen LogP contribution >= 0.6 is 0 Å². The van der Waals surface area contributed by atoms with Crippen molar-refractivity contribution >= 4 is 6.09 Å². The molecule has 1 rings (SSSR count). The quantitative estimate of drug-likeness (QED) is 0.617. The van der Waals surface area contributed by atoms with E-state index in [1.807, 2.05) is 0 Å². The number of hydrogen-bond acceptors (Lipinski definition) is 5. The Labute approximate surface area is 68.0 Å². The van der Waals surface area contributed by atoms with Crippen LogP contribution in [0, 0.1) is 0 Å². The molecule has 1 aromatic heterocycles. The van der Waals surface area contributed by atoms with E-state index in [0.717, 1.165) is 0 Å². The molecule has 0 bridgehead atoms. The average molecular weight is 169 g/mol. The molecule has 0 saturated carbocycles. The second kappa shape index (κ2) is 3.63. The molecule has 0 aliphatic heterocycles. The van der Waals surface area contributed by atoms with Crippen LogP contribution in [0.2, 0.25) is 0 Å². The summed E-state index contributed by atoms with van der Waals surface area (Å²) in [7, 11) is 0. The maximum atomic E-state index is 10.2. The van der Waals surface area contributed by atoms with Gasteiger partial charge in [-0.25, -0.2) is 14.8 Å². The van der Waals surface area contributed by atoms with Crippen LogP contribution in [0.4, 0.5) is 4.79 Å². The molecule has 0 aliphatic rings. The van der Waals surface area contributed by atoms with Gasteiger partial charge in [-0.3, -0.25) is 0 Å². The highest BCUT2D eigenvalue weighted by atomic mass is 16.5. The molecule has 3 N–H and O–H groups in total. The van der Waals surface area contributed by atoms with E-state index in [9.17, 15) is 4.79 Å². The summed E-state index contributed by atoms with van der Waals surface area (Å²) in [5.41, 5.74) is 4.73. The Morgan fingerprint density at radius 1 is 1.58 bits per heavy atom. The number of amides is 1. The third-order valence-electron chi connectivity index (χ3n) is 1.04. The molecule has 1 aromatic rings. The van der Waals surface area contributed by atoms with Gasteiger partial charge in [0.25, 0.3) is 0 Å². The molecule has 0 aromatic carbocycles. The molecule has 0 unspecified atom stereocenters. The van der Waals surface area contributed by atoms with Gasteiger partial charge in [0.2, 0.25) is 0 Å². The molecule has 0 aliphatic carbocycles. The van der Waals surface area contributed by atoms with Gasteiger partial charge < -0.3 is 15.6 Å². The van der Waals surface area contributed by atoms with E-state index in [0.29, 0.717) is 0 Å². The first kappa shape index (κ1) is 8.41. The lowest BCUT2D eigenvalue weighted by Crippen LogP contribution is -2.16. The molecule has 0 atom stereocenters. The number of aliphatic hydroxyl groups is 1. The van der Waals surface area contributed by atoms with Gasteiger partial charge in [0, 0.05) is 0 Å². The van der Waals surface area contributed by atoms with Gasteiger partial charge in [0.1, 0.15) is 6.61 Å². The largest absolute Gasteiger partial charge is 0.410 e. The Balaban J connectivity index is 2.71. The zero-order valence-corrected chi connectivity index (χ0v) is 6.10. The van der Waals surface area contributed by atoms with E-state index >= 15 is 0 Å². The first-order chi connectivity index (χ1) is 5.72. The number of aromatic nitrogens is 2. The van der Waals surface area contributed by atoms with Crippen LogP contribution in [0.25, 0.3) is 0 Å². The van der Waals surface area contributed by atoms with Crippen molar-refractivity contribution in [3.8, 4) is 5.75 Å². The summed E-state index contributed by atoms with van der Waals surface area (Å²) < 4.78 is 4.45. The summed E-state index contributed by atoms with van der Waals surface area (Å²) in [4.78, 5) is 17.5. The van der Waals surface area contributed by atoms with Crippen LogP contribution in [0.5, 0.6) is 5.75 Å². The molecular formula is C6H7N3O3. The minimum Gasteiger partial charge on any atom is -0.407 e. The van der Waals surface area contributed by atoms with E-state index in [1.54, 1.807) is 0 Å². The van der Waals surface area contributed by atoms with Crippen LogP contribution in [0.3, 0.4) is 0 Å². The maximum absolute atomic E-state index is 10.2. The number of carbonyl (C=O) groups excluding carboxylic acids is 1. The first-order valence-corrected chi connectivity index (χ1v) is 3.11. The third-order valence-corrected chi connectivity index (χ3v) is 1.04. The van der Waals surface area contributed by atoms with Crippen molar-refractivity contribution in [1.29, 1.82) is 0 Å². The molecule has 6 heteroatoms. The number of carbonyl (C=O) groups is 1. The maximum Gasteiger partial charge on any atom is 0.410 e. The second-order valence-corrected chi connectivity index (χ2v) is 1.91. The van der Waals surface area contributed by atoms with Crippen molar-refractivity contribution in [2.75, 3.05) is 0 Å². The zero-order valence-electron chi connectivity index (χ0n) is 6.10. The topological polar surface area (TPSA) is 98.3 Å². The fourth-order valence-corrected chi connectivity index (χ4v) is 0.593. The Bertz CT molecular complexity index is 272. The highest BCUT2D eigenvalue weighted by Gasteiger charge is 1.99. The van der Waals surface area contributed by atoms with Crippen molar-refractivity contribution in [1.82, 2.24) is 9.97 Å². The first-order valence-electron chi connectivity index (χ1n) is 3.11. The molecule has 0 radical (unpaired) electrons. The van der Waals surface area contributed by atoms with Crippen LogP contribution < -0.4 is 10.5 Å². The predicted molar refractivity (Wildman–Crippen MR) is 38.2 cm³/mol. The van der Waals surface area contributed by atoms with Gasteiger partial charge in [0.05, 0.1) is 12.4 Å². The van der Waals surface area contributed by atoms with Gasteiger partial charge in [-0.1, -0.05) is 0 Å². The summed E-state index contributed by atoms with van der Waals surface area (Å²) in [6.07, 6.45) is 1.59.